The van der Waals surface area contributed by atoms with E-state index in [-0.39, 0.29) is 30.8 Å². The molecule has 184 valence electrons. The fraction of sp³-hybridized carbons (Fsp3) is 0.231. The molecule has 35 heavy (non-hydrogen) atoms. The van der Waals surface area contributed by atoms with Crippen LogP contribution in [-0.2, 0) is 30.5 Å². The van der Waals surface area contributed by atoms with E-state index in [9.17, 15) is 33.0 Å². The number of benzene rings is 3. The van der Waals surface area contributed by atoms with Crippen molar-refractivity contribution in [2.75, 3.05) is 6.54 Å². The lowest BCUT2D eigenvalue weighted by Crippen LogP contribution is -2.39. The van der Waals surface area contributed by atoms with E-state index < -0.39 is 41.5 Å². The normalized spacial score (nSPS) is 11.2. The molecule has 3 N–H and O–H groups in total. The SMILES string of the molecule is CCN(Cc1c(CC(=O)O)c(C(F)(F)F)cc(O)c1-c1ccccc1)C(=O)NCc1ccccc1. The minimum Gasteiger partial charge on any atom is -0.507 e. The highest BCUT2D eigenvalue weighted by atomic mass is 19.4. The van der Waals surface area contributed by atoms with Gasteiger partial charge in [0.2, 0.25) is 0 Å². The van der Waals surface area contributed by atoms with Crippen LogP contribution in [0.1, 0.15) is 29.2 Å². The summed E-state index contributed by atoms with van der Waals surface area (Å²) in [5.74, 6) is -2.11. The fourth-order valence-electron chi connectivity index (χ4n) is 3.87. The van der Waals surface area contributed by atoms with Gasteiger partial charge < -0.3 is 20.4 Å². The quantitative estimate of drug-likeness (QED) is 0.396. The number of halogens is 3. The van der Waals surface area contributed by atoms with Crippen molar-refractivity contribution in [3.63, 3.8) is 0 Å². The first-order valence-electron chi connectivity index (χ1n) is 10.9. The second-order valence-electron chi connectivity index (χ2n) is 7.87. The number of rotatable bonds is 8. The first kappa shape index (κ1) is 25.6. The Morgan fingerprint density at radius 1 is 0.971 bits per heavy atom. The van der Waals surface area contributed by atoms with Crippen LogP contribution in [-0.4, -0.2) is 33.7 Å². The molecule has 0 aromatic heterocycles. The standard InChI is InChI=1S/C26H25F3N2O4/c1-2-31(25(35)30-15-17-9-5-3-6-10-17)16-20-19(13-23(33)34)21(26(27,28)29)14-22(32)24(20)18-11-7-4-8-12-18/h3-12,14,32H,2,13,15-16H2,1H3,(H,30,35)(H,33,34). The number of phenols is 1. The molecule has 0 fully saturated rings. The molecule has 6 nitrogen and oxygen atoms in total. The zero-order chi connectivity index (χ0) is 25.6. The number of hydrogen-bond acceptors (Lipinski definition) is 3. The van der Waals surface area contributed by atoms with Gasteiger partial charge in [0.25, 0.3) is 0 Å². The molecule has 9 heteroatoms. The molecule has 0 aliphatic heterocycles. The summed E-state index contributed by atoms with van der Waals surface area (Å²) in [5, 5.41) is 22.8. The van der Waals surface area contributed by atoms with Gasteiger partial charge in [-0.25, -0.2) is 4.79 Å². The summed E-state index contributed by atoms with van der Waals surface area (Å²) in [7, 11) is 0. The number of alkyl halides is 3. The Kier molecular flexibility index (Phi) is 8.01. The van der Waals surface area contributed by atoms with Crippen LogP contribution in [0.3, 0.4) is 0 Å². The summed E-state index contributed by atoms with van der Waals surface area (Å²) in [6.45, 7) is 1.67. The maximum atomic E-state index is 13.9. The maximum Gasteiger partial charge on any atom is 0.416 e. The van der Waals surface area contributed by atoms with Gasteiger partial charge in [-0.1, -0.05) is 60.7 Å². The van der Waals surface area contributed by atoms with Crippen LogP contribution < -0.4 is 5.32 Å². The van der Waals surface area contributed by atoms with E-state index in [0.717, 1.165) is 5.56 Å². The zero-order valence-electron chi connectivity index (χ0n) is 19.0. The smallest absolute Gasteiger partial charge is 0.416 e. The third kappa shape index (κ3) is 6.32. The highest BCUT2D eigenvalue weighted by Crippen LogP contribution is 2.43. The average Bonchev–Trinajstić information content (AvgIpc) is 2.82. The van der Waals surface area contributed by atoms with Crippen LogP contribution >= 0.6 is 0 Å². The van der Waals surface area contributed by atoms with E-state index in [2.05, 4.69) is 5.32 Å². The Balaban J connectivity index is 2.09. The van der Waals surface area contributed by atoms with E-state index in [1.165, 1.54) is 4.90 Å². The summed E-state index contributed by atoms with van der Waals surface area (Å²) in [5.41, 5.74) is -0.498. The summed E-state index contributed by atoms with van der Waals surface area (Å²) in [6.07, 6.45) is -5.83. The molecule has 0 spiro atoms. The molecule has 0 aliphatic rings. The van der Waals surface area contributed by atoms with Crippen molar-refractivity contribution in [1.29, 1.82) is 0 Å². The molecule has 2 amide bonds. The Bertz CT molecular complexity index is 1180. The van der Waals surface area contributed by atoms with Crippen molar-refractivity contribution in [2.24, 2.45) is 0 Å². The van der Waals surface area contributed by atoms with Crippen molar-refractivity contribution < 1.29 is 33.0 Å². The number of hydrogen-bond donors (Lipinski definition) is 3. The summed E-state index contributed by atoms with van der Waals surface area (Å²) >= 11 is 0. The third-order valence-electron chi connectivity index (χ3n) is 5.53. The first-order chi connectivity index (χ1) is 16.6. The van der Waals surface area contributed by atoms with Crippen LogP contribution in [0.2, 0.25) is 0 Å². The molecule has 0 radical (unpaired) electrons. The van der Waals surface area contributed by atoms with Gasteiger partial charge in [-0.15, -0.1) is 0 Å². The molecule has 0 heterocycles. The lowest BCUT2D eigenvalue weighted by Gasteiger charge is -2.27. The predicted molar refractivity (Wildman–Crippen MR) is 125 cm³/mol. The van der Waals surface area contributed by atoms with Crippen molar-refractivity contribution in [2.45, 2.75) is 32.6 Å². The number of amides is 2. The molecule has 0 aliphatic carbocycles. The maximum absolute atomic E-state index is 13.9. The number of aliphatic carboxylic acids is 1. The molecular formula is C26H25F3N2O4. The van der Waals surface area contributed by atoms with Gasteiger partial charge in [-0.3, -0.25) is 4.79 Å². The monoisotopic (exact) mass is 486 g/mol. The zero-order valence-corrected chi connectivity index (χ0v) is 19.0. The first-order valence-corrected chi connectivity index (χ1v) is 10.9. The third-order valence-corrected chi connectivity index (χ3v) is 5.53. The molecule has 3 aromatic carbocycles. The lowest BCUT2D eigenvalue weighted by atomic mass is 9.88. The second kappa shape index (κ2) is 10.9. The molecule has 0 saturated carbocycles. The van der Waals surface area contributed by atoms with Crippen LogP contribution in [0.4, 0.5) is 18.0 Å². The summed E-state index contributed by atoms with van der Waals surface area (Å²) in [6, 6.07) is 17.3. The number of carboxylic acid groups (broad SMARTS) is 1. The van der Waals surface area contributed by atoms with E-state index >= 15 is 0 Å². The Hall–Kier alpha value is -4.01. The molecule has 3 aromatic rings. The number of phenolic OH excluding ortho intramolecular Hbond substituents is 1. The Morgan fingerprint density at radius 3 is 2.11 bits per heavy atom. The second-order valence-corrected chi connectivity index (χ2v) is 7.87. The van der Waals surface area contributed by atoms with Gasteiger partial charge in [0.15, 0.2) is 0 Å². The fourth-order valence-corrected chi connectivity index (χ4v) is 3.87. The van der Waals surface area contributed by atoms with Crippen molar-refractivity contribution in [3.8, 4) is 16.9 Å². The molecule has 0 unspecified atom stereocenters. The van der Waals surface area contributed by atoms with E-state index in [1.807, 2.05) is 30.3 Å². The van der Waals surface area contributed by atoms with Gasteiger partial charge in [-0.05, 0) is 35.2 Å². The minimum atomic E-state index is -4.90. The van der Waals surface area contributed by atoms with Crippen LogP contribution in [0.15, 0.2) is 66.7 Å². The van der Waals surface area contributed by atoms with Gasteiger partial charge in [0.05, 0.1) is 12.0 Å². The summed E-state index contributed by atoms with van der Waals surface area (Å²) in [4.78, 5) is 25.7. The van der Waals surface area contributed by atoms with Crippen molar-refractivity contribution in [3.05, 3.63) is 89.0 Å². The van der Waals surface area contributed by atoms with Gasteiger partial charge >= 0.3 is 18.2 Å². The average molecular weight is 486 g/mol. The predicted octanol–water partition coefficient (Wildman–Crippen LogP) is 5.44. The van der Waals surface area contributed by atoms with Crippen LogP contribution in [0.25, 0.3) is 11.1 Å². The van der Waals surface area contributed by atoms with E-state index in [1.54, 1.807) is 37.3 Å². The largest absolute Gasteiger partial charge is 0.507 e. The number of aromatic hydroxyl groups is 1. The molecule has 3 rings (SSSR count). The number of carbonyl (C=O) groups excluding carboxylic acids is 1. The van der Waals surface area contributed by atoms with Crippen LogP contribution in [0, 0.1) is 0 Å². The number of urea groups is 1. The molecule has 0 saturated heterocycles. The molecule has 0 atom stereocenters. The Labute approximate surface area is 200 Å². The van der Waals surface area contributed by atoms with Gasteiger partial charge in [-0.2, -0.15) is 13.2 Å². The van der Waals surface area contributed by atoms with Gasteiger partial charge in [0, 0.05) is 25.2 Å². The lowest BCUT2D eigenvalue weighted by molar-refractivity contribution is -0.139. The number of nitrogens with one attached hydrogen (secondary N) is 1. The Morgan fingerprint density at radius 2 is 1.57 bits per heavy atom. The minimum absolute atomic E-state index is 0.0594. The molecular weight excluding hydrogens is 461 g/mol. The van der Waals surface area contributed by atoms with Crippen LogP contribution in [0.5, 0.6) is 5.75 Å². The van der Waals surface area contributed by atoms with E-state index in [0.29, 0.717) is 11.6 Å². The summed E-state index contributed by atoms with van der Waals surface area (Å²) < 4.78 is 41.6. The number of nitrogens with zero attached hydrogens (tertiary/aromatic N) is 1. The van der Waals surface area contributed by atoms with Gasteiger partial charge in [0.1, 0.15) is 5.75 Å². The highest BCUT2D eigenvalue weighted by Gasteiger charge is 2.37. The number of carbonyl (C=O) groups is 2. The van der Waals surface area contributed by atoms with Crippen molar-refractivity contribution in [1.82, 2.24) is 10.2 Å². The van der Waals surface area contributed by atoms with Crippen molar-refractivity contribution >= 4 is 12.0 Å². The topological polar surface area (TPSA) is 89.9 Å². The highest BCUT2D eigenvalue weighted by molar-refractivity contribution is 5.81. The number of carboxylic acids is 1. The molecule has 0 bridgehead atoms. The van der Waals surface area contributed by atoms with E-state index in [4.69, 9.17) is 0 Å².